The maximum Gasteiger partial charge on any atom is 0.406 e. The van der Waals surface area contributed by atoms with Crippen LogP contribution in [0.1, 0.15) is 24.0 Å². The second-order valence-corrected chi connectivity index (χ2v) is 5.87. The third-order valence-corrected chi connectivity index (χ3v) is 4.10. The molecule has 2 atom stereocenters. The first-order chi connectivity index (χ1) is 13.1. The molecule has 0 bridgehead atoms. The fourth-order valence-electron chi connectivity index (χ4n) is 2.87. The van der Waals surface area contributed by atoms with Crippen molar-refractivity contribution in [2.24, 2.45) is 0 Å². The third-order valence-electron chi connectivity index (χ3n) is 4.10. The highest BCUT2D eigenvalue weighted by Crippen LogP contribution is 2.30. The topological polar surface area (TPSA) is 87.9 Å². The van der Waals surface area contributed by atoms with E-state index in [4.69, 9.17) is 14.3 Å². The number of rotatable bonds is 6. The molecule has 0 N–H and O–H groups in total. The normalized spacial score (nSPS) is 18.7. The molecule has 7 heteroatoms. The molecule has 1 aliphatic heterocycles. The van der Waals surface area contributed by atoms with Crippen LogP contribution in [0.2, 0.25) is 0 Å². The van der Waals surface area contributed by atoms with E-state index in [1.165, 1.54) is 0 Å². The lowest BCUT2D eigenvalue weighted by atomic mass is 9.89. The summed E-state index contributed by atoms with van der Waals surface area (Å²) in [5, 5.41) is 12.3. The minimum absolute atomic E-state index is 0.00258. The van der Waals surface area contributed by atoms with Crippen LogP contribution in [0.25, 0.3) is 0 Å². The Morgan fingerprint density at radius 1 is 1.04 bits per heavy atom. The van der Waals surface area contributed by atoms with Crippen molar-refractivity contribution in [2.45, 2.75) is 25.6 Å². The van der Waals surface area contributed by atoms with Crippen LogP contribution in [0.4, 0.5) is 0 Å². The highest BCUT2D eigenvalue weighted by molar-refractivity contribution is 6.37. The van der Waals surface area contributed by atoms with Crippen LogP contribution < -0.4 is 0 Å². The van der Waals surface area contributed by atoms with Crippen LogP contribution in [-0.2, 0) is 30.5 Å². The molecule has 0 aromatic heterocycles. The Hall–Kier alpha value is -3.35. The Morgan fingerprint density at radius 2 is 1.67 bits per heavy atom. The molecular weight excluding hydrogens is 350 g/mol. The van der Waals surface area contributed by atoms with E-state index in [0.29, 0.717) is 5.56 Å². The first-order valence-electron chi connectivity index (χ1n) is 8.55. The fourth-order valence-corrected chi connectivity index (χ4v) is 2.87. The van der Waals surface area contributed by atoms with Crippen LogP contribution >= 0.6 is 0 Å². The standard InChI is InChI=1S/C20H19NO6/c1-2-25-20(23)18-16(15-11-7-4-8-12-15)17(21(24)27-18)19(22)26-13-14-9-5-3-6-10-14/h3-12,16,18H,2,13H2,1H3/t16-,18+/m1/s1. The van der Waals surface area contributed by atoms with Gasteiger partial charge < -0.3 is 14.3 Å². The first-order valence-corrected chi connectivity index (χ1v) is 8.55. The summed E-state index contributed by atoms with van der Waals surface area (Å²) in [6.07, 6.45) is -1.25. The van der Waals surface area contributed by atoms with E-state index in [0.717, 1.165) is 5.56 Å². The number of nitrogens with zero attached hydrogens (tertiary/aromatic N) is 1. The van der Waals surface area contributed by atoms with Gasteiger partial charge in [0.15, 0.2) is 6.10 Å². The monoisotopic (exact) mass is 369 g/mol. The Morgan fingerprint density at radius 3 is 2.30 bits per heavy atom. The van der Waals surface area contributed by atoms with Crippen molar-refractivity contribution in [2.75, 3.05) is 6.61 Å². The molecular formula is C20H19NO6. The summed E-state index contributed by atoms with van der Waals surface area (Å²) < 4.78 is 10.3. The van der Waals surface area contributed by atoms with Gasteiger partial charge in [0.2, 0.25) is 0 Å². The lowest BCUT2D eigenvalue weighted by molar-refractivity contribution is -0.736. The van der Waals surface area contributed by atoms with Crippen molar-refractivity contribution in [1.82, 2.24) is 0 Å². The molecule has 0 saturated carbocycles. The van der Waals surface area contributed by atoms with Gasteiger partial charge in [0, 0.05) is 0 Å². The zero-order chi connectivity index (χ0) is 19.2. The molecule has 2 aromatic rings. The Balaban J connectivity index is 1.85. The Labute approximate surface area is 156 Å². The number of carbonyl (C=O) groups is 2. The predicted octanol–water partition coefficient (Wildman–Crippen LogP) is 2.34. The zero-order valence-electron chi connectivity index (χ0n) is 14.7. The number of carbonyl (C=O) groups excluding carboxylic acids is 2. The molecule has 2 aromatic carbocycles. The van der Waals surface area contributed by atoms with Gasteiger partial charge in [-0.15, -0.1) is 0 Å². The minimum Gasteiger partial charge on any atom is -0.465 e. The van der Waals surface area contributed by atoms with Crippen molar-refractivity contribution in [3.8, 4) is 0 Å². The summed E-state index contributed by atoms with van der Waals surface area (Å²) >= 11 is 0. The van der Waals surface area contributed by atoms with E-state index in [1.807, 2.05) is 18.2 Å². The highest BCUT2D eigenvalue weighted by Gasteiger charge is 2.50. The molecule has 0 radical (unpaired) electrons. The molecule has 1 heterocycles. The average molecular weight is 369 g/mol. The lowest BCUT2D eigenvalue weighted by Gasteiger charge is -2.17. The number of ether oxygens (including phenoxy) is 2. The maximum atomic E-state index is 12.6. The number of hydrogen-bond donors (Lipinski definition) is 0. The summed E-state index contributed by atoms with van der Waals surface area (Å²) in [6, 6.07) is 17.8. The van der Waals surface area contributed by atoms with E-state index >= 15 is 0 Å². The van der Waals surface area contributed by atoms with Crippen molar-refractivity contribution < 1.29 is 28.8 Å². The second kappa shape index (κ2) is 8.35. The smallest absolute Gasteiger partial charge is 0.406 e. The van der Waals surface area contributed by atoms with Crippen LogP contribution in [0.15, 0.2) is 60.7 Å². The summed E-state index contributed by atoms with van der Waals surface area (Å²) in [4.78, 5) is 30.0. The van der Waals surface area contributed by atoms with E-state index in [2.05, 4.69) is 0 Å². The van der Waals surface area contributed by atoms with Gasteiger partial charge in [-0.3, -0.25) is 10.0 Å². The van der Waals surface area contributed by atoms with Crippen LogP contribution in [0.5, 0.6) is 0 Å². The van der Waals surface area contributed by atoms with E-state index in [9.17, 15) is 14.8 Å². The van der Waals surface area contributed by atoms with Gasteiger partial charge in [0.1, 0.15) is 12.5 Å². The molecule has 0 unspecified atom stereocenters. The van der Waals surface area contributed by atoms with Gasteiger partial charge in [-0.05, 0) is 18.1 Å². The van der Waals surface area contributed by atoms with Crippen LogP contribution in [-0.4, -0.2) is 35.3 Å². The van der Waals surface area contributed by atoms with E-state index in [1.54, 1.807) is 49.4 Å². The van der Waals surface area contributed by atoms with Crippen molar-refractivity contribution in [3.63, 3.8) is 0 Å². The number of benzene rings is 2. The first kappa shape index (κ1) is 18.4. The van der Waals surface area contributed by atoms with Crippen LogP contribution in [0.3, 0.4) is 0 Å². The molecule has 0 spiro atoms. The molecule has 140 valence electrons. The molecule has 7 nitrogen and oxygen atoms in total. The SMILES string of the molecule is CCOC(=O)[C@H]1O[N+]([O-])=C(C(=O)OCc2ccccc2)[C@H]1c1ccccc1. The van der Waals surface area contributed by atoms with Gasteiger partial charge in [0.25, 0.3) is 0 Å². The molecule has 3 rings (SSSR count). The average Bonchev–Trinajstić information content (AvgIpc) is 3.05. The van der Waals surface area contributed by atoms with Gasteiger partial charge in [-0.1, -0.05) is 60.7 Å². The quantitative estimate of drug-likeness (QED) is 0.574. The van der Waals surface area contributed by atoms with E-state index < -0.39 is 24.0 Å². The summed E-state index contributed by atoms with van der Waals surface area (Å²) in [5.74, 6) is -2.46. The van der Waals surface area contributed by atoms with Gasteiger partial charge in [-0.2, -0.15) is 0 Å². The molecule has 1 aliphatic rings. The second-order valence-electron chi connectivity index (χ2n) is 5.87. The molecule has 0 amide bonds. The van der Waals surface area contributed by atoms with Gasteiger partial charge >= 0.3 is 17.7 Å². The summed E-state index contributed by atoms with van der Waals surface area (Å²) in [5.41, 5.74) is 1.08. The van der Waals surface area contributed by atoms with Crippen molar-refractivity contribution >= 4 is 17.7 Å². The summed E-state index contributed by atoms with van der Waals surface area (Å²) in [6.45, 7) is 1.79. The summed E-state index contributed by atoms with van der Waals surface area (Å²) in [7, 11) is 0. The molecule has 0 fully saturated rings. The highest BCUT2D eigenvalue weighted by atomic mass is 16.9. The Kier molecular flexibility index (Phi) is 5.71. The molecule has 0 aliphatic carbocycles. The minimum atomic E-state index is -1.25. The van der Waals surface area contributed by atoms with Crippen LogP contribution in [0, 0.1) is 5.21 Å². The molecule has 27 heavy (non-hydrogen) atoms. The number of hydrogen-bond acceptors (Lipinski definition) is 6. The fraction of sp³-hybridized carbons (Fsp3) is 0.250. The third kappa shape index (κ3) is 4.08. The lowest BCUT2D eigenvalue weighted by Crippen LogP contribution is -2.34. The maximum absolute atomic E-state index is 12.6. The van der Waals surface area contributed by atoms with Gasteiger partial charge in [-0.25, -0.2) is 4.79 Å². The van der Waals surface area contributed by atoms with E-state index in [-0.39, 0.29) is 23.8 Å². The largest absolute Gasteiger partial charge is 0.465 e. The van der Waals surface area contributed by atoms with Crippen molar-refractivity contribution in [3.05, 3.63) is 77.0 Å². The van der Waals surface area contributed by atoms with Gasteiger partial charge in [0.05, 0.1) is 11.5 Å². The predicted molar refractivity (Wildman–Crippen MR) is 95.6 cm³/mol. The Bertz CT molecular complexity index is 834. The zero-order valence-corrected chi connectivity index (χ0v) is 14.7. The molecule has 0 saturated heterocycles. The number of esters is 2. The van der Waals surface area contributed by atoms with Crippen molar-refractivity contribution in [1.29, 1.82) is 0 Å².